The molecule has 0 fully saturated rings. The topological polar surface area (TPSA) is 108 Å². The van der Waals surface area contributed by atoms with Gasteiger partial charge < -0.3 is 9.30 Å². The molecule has 9 heteroatoms. The maximum absolute atomic E-state index is 13.4. The molecule has 34 heavy (non-hydrogen) atoms. The number of rotatable bonds is 5. The molecular weight excluding hydrogens is 434 g/mol. The number of aryl methyl sites for hydroxylation is 1. The van der Waals surface area contributed by atoms with Gasteiger partial charge in [0.15, 0.2) is 5.49 Å². The summed E-state index contributed by atoms with van der Waals surface area (Å²) in [5.41, 5.74) is 1.73. The molecule has 0 radical (unpaired) electrons. The first kappa shape index (κ1) is 23.0. The molecule has 4 heterocycles. The van der Waals surface area contributed by atoms with E-state index in [1.165, 1.54) is 16.7 Å². The van der Waals surface area contributed by atoms with Crippen molar-refractivity contribution in [1.29, 1.82) is 0 Å². The average Bonchev–Trinajstić information content (AvgIpc) is 2.81. The molecular formula is C25H25N5O4. The lowest BCUT2D eigenvalue weighted by molar-refractivity contribution is 0.0523. The summed E-state index contributed by atoms with van der Waals surface area (Å²) >= 11 is 0. The molecule has 0 unspecified atom stereocenters. The third kappa shape index (κ3) is 4.24. The van der Waals surface area contributed by atoms with Crippen molar-refractivity contribution in [2.45, 2.75) is 34.2 Å². The fourth-order valence-corrected chi connectivity index (χ4v) is 3.75. The zero-order valence-corrected chi connectivity index (χ0v) is 19.5. The first-order valence-electron chi connectivity index (χ1n) is 11.0. The van der Waals surface area contributed by atoms with Gasteiger partial charge in [0.25, 0.3) is 11.5 Å². The lowest BCUT2D eigenvalue weighted by Gasteiger charge is -2.17. The van der Waals surface area contributed by atoms with E-state index in [1.807, 2.05) is 26.8 Å². The van der Waals surface area contributed by atoms with Gasteiger partial charge in [0.2, 0.25) is 0 Å². The quantitative estimate of drug-likeness (QED) is 0.335. The van der Waals surface area contributed by atoms with Gasteiger partial charge in [0.1, 0.15) is 16.9 Å². The number of carbonyl (C=O) groups excluding carboxylic acids is 2. The Labute approximate surface area is 195 Å². The number of amides is 1. The molecule has 4 rings (SSSR count). The minimum Gasteiger partial charge on any atom is -0.462 e. The Morgan fingerprint density at radius 1 is 1.18 bits per heavy atom. The Hall–Kier alpha value is -4.14. The highest BCUT2D eigenvalue weighted by molar-refractivity contribution is 5.97. The van der Waals surface area contributed by atoms with Crippen LogP contribution in [0.1, 0.15) is 47.1 Å². The molecule has 9 nitrogen and oxygen atoms in total. The van der Waals surface area contributed by atoms with Gasteiger partial charge in [-0.05, 0) is 49.6 Å². The van der Waals surface area contributed by atoms with E-state index in [1.54, 1.807) is 42.1 Å². The molecule has 0 aliphatic heterocycles. The van der Waals surface area contributed by atoms with Gasteiger partial charge in [0, 0.05) is 25.1 Å². The molecule has 0 spiro atoms. The first-order chi connectivity index (χ1) is 16.3. The third-order valence-electron chi connectivity index (χ3n) is 5.26. The van der Waals surface area contributed by atoms with E-state index in [9.17, 15) is 14.4 Å². The number of fused-ring (bicyclic) bond motifs is 2. The Morgan fingerprint density at radius 2 is 1.97 bits per heavy atom. The summed E-state index contributed by atoms with van der Waals surface area (Å²) in [6.07, 6.45) is 4.60. The highest BCUT2D eigenvalue weighted by Crippen LogP contribution is 2.15. The third-order valence-corrected chi connectivity index (χ3v) is 5.26. The van der Waals surface area contributed by atoms with Gasteiger partial charge in [0.05, 0.1) is 17.6 Å². The number of pyridine rings is 3. The minimum absolute atomic E-state index is 0.0266. The van der Waals surface area contributed by atoms with Crippen LogP contribution in [0.3, 0.4) is 0 Å². The largest absolute Gasteiger partial charge is 0.462 e. The van der Waals surface area contributed by atoms with Crippen LogP contribution in [-0.4, -0.2) is 37.4 Å². The predicted octanol–water partition coefficient (Wildman–Crippen LogP) is 2.93. The van der Waals surface area contributed by atoms with Gasteiger partial charge in [-0.2, -0.15) is 4.99 Å². The maximum Gasteiger partial charge on any atom is 0.341 e. The van der Waals surface area contributed by atoms with Crippen LogP contribution in [0.4, 0.5) is 0 Å². The molecule has 174 valence electrons. The van der Waals surface area contributed by atoms with Crippen molar-refractivity contribution >= 4 is 28.6 Å². The maximum atomic E-state index is 13.4. The zero-order valence-electron chi connectivity index (χ0n) is 19.5. The second kappa shape index (κ2) is 9.38. The van der Waals surface area contributed by atoms with Crippen LogP contribution in [0, 0.1) is 12.8 Å². The molecule has 0 saturated heterocycles. The van der Waals surface area contributed by atoms with Crippen LogP contribution in [0.2, 0.25) is 0 Å². The van der Waals surface area contributed by atoms with E-state index in [2.05, 4.69) is 9.98 Å². The fraction of sp³-hybridized carbons (Fsp3) is 0.280. The monoisotopic (exact) mass is 459 g/mol. The summed E-state index contributed by atoms with van der Waals surface area (Å²) in [4.78, 5) is 52.4. The van der Waals surface area contributed by atoms with Crippen LogP contribution in [0.25, 0.3) is 16.7 Å². The van der Waals surface area contributed by atoms with Gasteiger partial charge in [-0.1, -0.05) is 19.9 Å². The molecule has 0 saturated carbocycles. The van der Waals surface area contributed by atoms with Crippen LogP contribution in [-0.2, 0) is 11.3 Å². The second-order valence-electron chi connectivity index (χ2n) is 8.30. The van der Waals surface area contributed by atoms with E-state index in [-0.39, 0.29) is 40.1 Å². The summed E-state index contributed by atoms with van der Waals surface area (Å²) in [7, 11) is 0. The smallest absolute Gasteiger partial charge is 0.341 e. The Morgan fingerprint density at radius 3 is 2.65 bits per heavy atom. The van der Waals surface area contributed by atoms with Crippen molar-refractivity contribution in [3.8, 4) is 0 Å². The summed E-state index contributed by atoms with van der Waals surface area (Å²) in [5, 5.41) is 0.236. The average molecular weight is 460 g/mol. The summed E-state index contributed by atoms with van der Waals surface area (Å²) in [6.45, 7) is 8.03. The Kier molecular flexibility index (Phi) is 6.36. The number of hydrogen-bond acceptors (Lipinski definition) is 6. The van der Waals surface area contributed by atoms with Gasteiger partial charge in [-0.3, -0.25) is 19.0 Å². The molecule has 4 aromatic rings. The molecule has 0 aromatic carbocycles. The zero-order chi connectivity index (χ0) is 24.4. The van der Waals surface area contributed by atoms with Crippen molar-refractivity contribution in [2.24, 2.45) is 10.9 Å². The molecule has 0 bridgehead atoms. The highest BCUT2D eigenvalue weighted by atomic mass is 16.5. The van der Waals surface area contributed by atoms with Crippen LogP contribution < -0.4 is 11.0 Å². The van der Waals surface area contributed by atoms with Crippen LogP contribution in [0.5, 0.6) is 0 Å². The van der Waals surface area contributed by atoms with E-state index < -0.39 is 11.9 Å². The van der Waals surface area contributed by atoms with Crippen molar-refractivity contribution in [2.75, 3.05) is 6.61 Å². The van der Waals surface area contributed by atoms with E-state index in [0.717, 1.165) is 5.56 Å². The van der Waals surface area contributed by atoms with E-state index in [0.29, 0.717) is 17.8 Å². The van der Waals surface area contributed by atoms with Crippen molar-refractivity contribution in [3.63, 3.8) is 0 Å². The highest BCUT2D eigenvalue weighted by Gasteiger charge is 2.21. The lowest BCUT2D eigenvalue weighted by atomic mass is 10.1. The molecule has 4 aromatic heterocycles. The number of ether oxygens (including phenoxy) is 1. The minimum atomic E-state index is -0.673. The standard InChI is InChI=1S/C25H25N5O4/c1-5-34-25(33)19-12-18-21(27-20-16(4)8-7-11-29(20)24(18)32)30(14-15(2)3)22(19)28-23(31)17-9-6-10-26-13-17/h6-13,15H,5,14H2,1-4H3. The SMILES string of the molecule is CCOC(=O)c1cc2c(=O)n3cccc(C)c3nc2n(CC(C)C)c1=NC(=O)c1cccnc1. The number of esters is 1. The summed E-state index contributed by atoms with van der Waals surface area (Å²) < 4.78 is 8.36. The second-order valence-corrected chi connectivity index (χ2v) is 8.30. The van der Waals surface area contributed by atoms with Crippen LogP contribution in [0.15, 0.2) is 58.7 Å². The molecule has 0 aliphatic carbocycles. The number of hydrogen-bond donors (Lipinski definition) is 0. The molecule has 0 atom stereocenters. The Bertz CT molecular complexity index is 1530. The normalized spacial score (nSPS) is 12.0. The van der Waals surface area contributed by atoms with Crippen molar-refractivity contribution in [3.05, 3.63) is 81.5 Å². The molecule has 1 amide bonds. The van der Waals surface area contributed by atoms with Crippen LogP contribution >= 0.6 is 0 Å². The van der Waals surface area contributed by atoms with Gasteiger partial charge >= 0.3 is 5.97 Å². The Balaban J connectivity index is 2.17. The molecule has 0 aliphatic rings. The number of carbonyl (C=O) groups is 2. The predicted molar refractivity (Wildman–Crippen MR) is 127 cm³/mol. The van der Waals surface area contributed by atoms with Gasteiger partial charge in [-0.15, -0.1) is 0 Å². The first-order valence-corrected chi connectivity index (χ1v) is 11.0. The van der Waals surface area contributed by atoms with Gasteiger partial charge in [-0.25, -0.2) is 9.78 Å². The summed E-state index contributed by atoms with van der Waals surface area (Å²) in [5.74, 6) is -1.14. The van der Waals surface area contributed by atoms with Crippen molar-refractivity contribution in [1.82, 2.24) is 18.9 Å². The van der Waals surface area contributed by atoms with Crippen molar-refractivity contribution < 1.29 is 14.3 Å². The number of aromatic nitrogens is 4. The number of nitrogens with zero attached hydrogens (tertiary/aromatic N) is 5. The molecule has 0 N–H and O–H groups in total. The fourth-order valence-electron chi connectivity index (χ4n) is 3.75. The van der Waals surface area contributed by atoms with E-state index in [4.69, 9.17) is 9.72 Å². The summed E-state index contributed by atoms with van der Waals surface area (Å²) in [6, 6.07) is 8.28. The van der Waals surface area contributed by atoms with E-state index >= 15 is 0 Å². The lowest BCUT2D eigenvalue weighted by Crippen LogP contribution is -2.34.